The molecule has 0 aliphatic heterocycles. The third-order valence-corrected chi connectivity index (χ3v) is 10.5. The highest BCUT2D eigenvalue weighted by molar-refractivity contribution is 6.08. The Bertz CT molecular complexity index is 1800. The van der Waals surface area contributed by atoms with Crippen LogP contribution in [0, 0.1) is 11.8 Å². The van der Waals surface area contributed by atoms with Gasteiger partial charge in [-0.15, -0.1) is 0 Å². The quantitative estimate of drug-likeness (QED) is 0.291. The van der Waals surface area contributed by atoms with Crippen LogP contribution in [-0.2, 0) is 19.1 Å². The minimum atomic E-state index is -5.00. The first-order valence-electron chi connectivity index (χ1n) is 15.6. The molecule has 0 saturated carbocycles. The van der Waals surface area contributed by atoms with E-state index in [0.717, 1.165) is 67.7 Å². The van der Waals surface area contributed by atoms with Gasteiger partial charge in [0.25, 0.3) is 5.78 Å². The van der Waals surface area contributed by atoms with Crippen LogP contribution in [0.1, 0.15) is 73.1 Å². The lowest BCUT2D eigenvalue weighted by Crippen LogP contribution is -2.25. The number of fused-ring (bicyclic) bond motifs is 6. The number of alkyl halides is 3. The Morgan fingerprint density at radius 3 is 2.29 bits per heavy atom. The van der Waals surface area contributed by atoms with Crippen LogP contribution in [0.2, 0.25) is 0 Å². The Balaban J connectivity index is 1.60. The van der Waals surface area contributed by atoms with Crippen LogP contribution in [0.3, 0.4) is 0 Å². The molecule has 8 bridgehead atoms. The summed E-state index contributed by atoms with van der Waals surface area (Å²) in [5.74, 6) is -2.17. The minimum absolute atomic E-state index is 0.0595. The van der Waals surface area contributed by atoms with Gasteiger partial charge >= 0.3 is 12.1 Å². The van der Waals surface area contributed by atoms with E-state index in [2.05, 4.69) is 26.0 Å². The molecule has 0 unspecified atom stereocenters. The average molecular weight is 615 g/mol. The molecule has 0 saturated heterocycles. The molecule has 0 fully saturated rings. The van der Waals surface area contributed by atoms with Crippen LogP contribution >= 0.6 is 0 Å². The summed E-state index contributed by atoms with van der Waals surface area (Å²) in [5, 5.41) is 0. The zero-order valence-electron chi connectivity index (χ0n) is 26.6. The maximum Gasteiger partial charge on any atom is 0.454 e. The van der Waals surface area contributed by atoms with Crippen molar-refractivity contribution < 1.29 is 32.3 Å². The number of ether oxygens (including phenoxy) is 1. The molecule has 6 aliphatic rings. The van der Waals surface area contributed by atoms with Gasteiger partial charge in [-0.1, -0.05) is 38.2 Å². The van der Waals surface area contributed by atoms with Crippen molar-refractivity contribution in [2.75, 3.05) is 7.11 Å². The highest BCUT2D eigenvalue weighted by Gasteiger charge is 2.45. The van der Waals surface area contributed by atoms with E-state index in [-0.39, 0.29) is 42.0 Å². The SMILES string of the molecule is CCC1=C(C)C2=CC3=C(C(=O)C(F)(F)F)C(C)=C(C=C4C=C(C5=C6CC(=CC1=C2)C(C)=C6C(=O)C5)[C@@H](CCC(=O)OC)[C@@H]4C)C3. The highest BCUT2D eigenvalue weighted by atomic mass is 19.4. The van der Waals surface area contributed by atoms with Gasteiger partial charge in [0.2, 0.25) is 0 Å². The van der Waals surface area contributed by atoms with Crippen molar-refractivity contribution in [3.05, 3.63) is 114 Å². The van der Waals surface area contributed by atoms with Crippen LogP contribution in [0.5, 0.6) is 0 Å². The molecule has 6 aliphatic carbocycles. The maximum atomic E-state index is 13.9. The summed E-state index contributed by atoms with van der Waals surface area (Å²) in [4.78, 5) is 38.6. The topological polar surface area (TPSA) is 60.4 Å². The summed E-state index contributed by atoms with van der Waals surface area (Å²) in [5.41, 5.74) is 11.8. The molecule has 0 heterocycles. The fourth-order valence-electron chi connectivity index (χ4n) is 8.06. The standard InChI is InChI=1S/C38H37F3O4/c1-7-28-18(2)22-11-26(28)12-25-16-32-31(17-33(42)36(32)21(25)5)30-15-24(19(3)29(30)8-9-34(43)45-6)10-23-14-27(13-22)35(20(23)4)37(44)38(39,40)41/h10-13,15,19,29H,7-9,14,16-17H2,1-6H3/t19-,29+/m1/s1. The van der Waals surface area contributed by atoms with Crippen molar-refractivity contribution in [3.8, 4) is 0 Å². The predicted molar refractivity (Wildman–Crippen MR) is 167 cm³/mol. The molecule has 7 heteroatoms. The Hall–Kier alpha value is -4.00. The fraction of sp³-hybridized carbons (Fsp3) is 0.395. The van der Waals surface area contributed by atoms with E-state index >= 15 is 0 Å². The average Bonchev–Trinajstić information content (AvgIpc) is 3.73. The Labute approximate surface area is 261 Å². The molecule has 6 rings (SSSR count). The van der Waals surface area contributed by atoms with Gasteiger partial charge < -0.3 is 4.74 Å². The predicted octanol–water partition coefficient (Wildman–Crippen LogP) is 8.73. The lowest BCUT2D eigenvalue weighted by atomic mass is 9.82. The zero-order chi connectivity index (χ0) is 32.5. The number of carbonyl (C=O) groups excluding carboxylic acids is 3. The van der Waals surface area contributed by atoms with E-state index in [9.17, 15) is 27.6 Å². The van der Waals surface area contributed by atoms with Crippen molar-refractivity contribution >= 4 is 17.5 Å². The van der Waals surface area contributed by atoms with E-state index in [4.69, 9.17) is 4.74 Å². The van der Waals surface area contributed by atoms with Gasteiger partial charge in [0, 0.05) is 24.0 Å². The van der Waals surface area contributed by atoms with Crippen LogP contribution in [0.4, 0.5) is 13.2 Å². The first kappa shape index (κ1) is 31.0. The second-order valence-corrected chi connectivity index (χ2v) is 12.9. The van der Waals surface area contributed by atoms with E-state index in [1.54, 1.807) is 13.0 Å². The molecular weight excluding hydrogens is 577 g/mol. The number of halogens is 3. The second kappa shape index (κ2) is 11.1. The first-order valence-corrected chi connectivity index (χ1v) is 15.6. The number of allylic oxidation sites excluding steroid dienone is 20. The Morgan fingerprint density at radius 1 is 0.889 bits per heavy atom. The largest absolute Gasteiger partial charge is 0.469 e. The van der Waals surface area contributed by atoms with Gasteiger partial charge in [0.15, 0.2) is 5.78 Å². The van der Waals surface area contributed by atoms with Crippen LogP contribution in [-0.4, -0.2) is 30.8 Å². The lowest BCUT2D eigenvalue weighted by Gasteiger charge is -2.22. The summed E-state index contributed by atoms with van der Waals surface area (Å²) in [6.07, 6.45) is 7.47. The Morgan fingerprint density at radius 2 is 1.62 bits per heavy atom. The van der Waals surface area contributed by atoms with Crippen molar-refractivity contribution in [1.82, 2.24) is 0 Å². The smallest absolute Gasteiger partial charge is 0.454 e. The summed E-state index contributed by atoms with van der Waals surface area (Å²) in [6, 6.07) is 0. The third kappa shape index (κ3) is 5.04. The number of esters is 1. The maximum absolute atomic E-state index is 13.9. The number of hydrogen-bond acceptors (Lipinski definition) is 4. The fourth-order valence-corrected chi connectivity index (χ4v) is 8.06. The Kier molecular flexibility index (Phi) is 7.65. The zero-order valence-corrected chi connectivity index (χ0v) is 26.6. The molecular formula is C38H37F3O4. The molecule has 0 aromatic heterocycles. The van der Waals surface area contributed by atoms with Crippen molar-refractivity contribution in [2.24, 2.45) is 11.8 Å². The number of ketones is 2. The van der Waals surface area contributed by atoms with Crippen molar-refractivity contribution in [2.45, 2.75) is 79.3 Å². The normalized spacial score (nSPS) is 24.6. The molecule has 0 spiro atoms. The molecule has 2 atom stereocenters. The third-order valence-electron chi connectivity index (χ3n) is 10.5. The van der Waals surface area contributed by atoms with Gasteiger partial charge in [0.05, 0.1) is 7.11 Å². The molecule has 45 heavy (non-hydrogen) atoms. The van der Waals surface area contributed by atoms with Gasteiger partial charge in [-0.3, -0.25) is 14.4 Å². The van der Waals surface area contributed by atoms with Crippen LogP contribution in [0.15, 0.2) is 114 Å². The van der Waals surface area contributed by atoms with Gasteiger partial charge in [-0.05, 0) is 137 Å². The van der Waals surface area contributed by atoms with Crippen molar-refractivity contribution in [1.29, 1.82) is 0 Å². The summed E-state index contributed by atoms with van der Waals surface area (Å²) >= 11 is 0. The summed E-state index contributed by atoms with van der Waals surface area (Å²) in [7, 11) is 1.36. The van der Waals surface area contributed by atoms with Crippen molar-refractivity contribution in [3.63, 3.8) is 0 Å². The first-order chi connectivity index (χ1) is 21.2. The number of carbonyl (C=O) groups is 3. The molecule has 0 aromatic carbocycles. The molecule has 4 nitrogen and oxygen atoms in total. The number of Topliss-reactive ketones (excluding diaryl/α,β-unsaturated/α-hetero) is 2. The van der Waals surface area contributed by atoms with Gasteiger partial charge in [-0.2, -0.15) is 13.2 Å². The summed E-state index contributed by atoms with van der Waals surface area (Å²) < 4.78 is 46.7. The minimum Gasteiger partial charge on any atom is -0.469 e. The van der Waals surface area contributed by atoms with Gasteiger partial charge in [0.1, 0.15) is 0 Å². The highest BCUT2D eigenvalue weighted by Crippen LogP contribution is 2.53. The van der Waals surface area contributed by atoms with Crippen LogP contribution in [0.25, 0.3) is 0 Å². The van der Waals surface area contributed by atoms with E-state index in [1.165, 1.54) is 7.11 Å². The number of hydrogen-bond donors (Lipinski definition) is 0. The summed E-state index contributed by atoms with van der Waals surface area (Å²) in [6.45, 7) is 9.69. The molecule has 0 radical (unpaired) electrons. The van der Waals surface area contributed by atoms with E-state index in [1.807, 2.05) is 26.0 Å². The second-order valence-electron chi connectivity index (χ2n) is 12.9. The number of methoxy groups -OCH3 is 1. The molecule has 0 N–H and O–H groups in total. The number of rotatable bonds is 5. The lowest BCUT2D eigenvalue weighted by molar-refractivity contribution is -0.166. The van der Waals surface area contributed by atoms with E-state index in [0.29, 0.717) is 36.0 Å². The van der Waals surface area contributed by atoms with E-state index < -0.39 is 12.0 Å². The van der Waals surface area contributed by atoms with Gasteiger partial charge in [-0.25, -0.2) is 0 Å². The molecule has 0 aromatic rings. The van der Waals surface area contributed by atoms with Crippen LogP contribution < -0.4 is 0 Å². The molecule has 234 valence electrons. The molecule has 0 amide bonds. The monoisotopic (exact) mass is 614 g/mol.